The Hall–Kier alpha value is -1.13. The Morgan fingerprint density at radius 3 is 2.90 bits per heavy atom. The van der Waals surface area contributed by atoms with Crippen molar-refractivity contribution in [3.63, 3.8) is 0 Å². The third-order valence-electron chi connectivity index (χ3n) is 4.25. The number of sulfonamides is 1. The number of benzene rings is 1. The molecule has 112 valence electrons. The van der Waals surface area contributed by atoms with Gasteiger partial charge < -0.3 is 5.32 Å². The van der Waals surface area contributed by atoms with Crippen molar-refractivity contribution in [2.24, 2.45) is 5.92 Å². The van der Waals surface area contributed by atoms with E-state index in [1.165, 1.54) is 22.5 Å². The van der Waals surface area contributed by atoms with Crippen molar-refractivity contribution >= 4 is 21.6 Å². The van der Waals surface area contributed by atoms with Crippen LogP contribution in [0.3, 0.4) is 0 Å². The Labute approximate surface area is 129 Å². The van der Waals surface area contributed by atoms with Gasteiger partial charge in [0.05, 0.1) is 5.56 Å². The molecule has 7 heteroatoms. The van der Waals surface area contributed by atoms with Crippen LogP contribution >= 0.6 is 11.6 Å². The maximum absolute atomic E-state index is 12.8. The molecule has 0 saturated carbocycles. The van der Waals surface area contributed by atoms with E-state index in [9.17, 15) is 8.42 Å². The van der Waals surface area contributed by atoms with E-state index in [1.54, 1.807) is 0 Å². The molecule has 2 unspecified atom stereocenters. The first-order valence-electron chi connectivity index (χ1n) is 6.95. The monoisotopic (exact) mass is 325 g/mol. The van der Waals surface area contributed by atoms with E-state index in [0.717, 1.165) is 19.4 Å². The summed E-state index contributed by atoms with van der Waals surface area (Å²) in [5, 5.41) is 12.8. The number of fused-ring (bicyclic) bond motifs is 1. The number of hydrogen-bond acceptors (Lipinski definition) is 4. The minimum atomic E-state index is -3.68. The molecule has 3 rings (SSSR count). The molecular formula is C14H16ClN3O2S. The Bertz CT molecular complexity index is 685. The Balaban J connectivity index is 1.95. The quantitative estimate of drug-likeness (QED) is 0.896. The highest BCUT2D eigenvalue weighted by atomic mass is 35.5. The summed E-state index contributed by atoms with van der Waals surface area (Å²) in [5.41, 5.74) is 0.141. The largest absolute Gasteiger partial charge is 0.312 e. The number of piperidine rings is 1. The molecule has 1 aromatic rings. The summed E-state index contributed by atoms with van der Waals surface area (Å²) in [7, 11) is -3.68. The summed E-state index contributed by atoms with van der Waals surface area (Å²) in [6.45, 7) is 1.91. The minimum Gasteiger partial charge on any atom is -0.312 e. The molecule has 0 aliphatic carbocycles. The molecule has 2 fully saturated rings. The molecule has 2 atom stereocenters. The zero-order valence-electron chi connectivity index (χ0n) is 11.4. The molecule has 1 N–H and O–H groups in total. The van der Waals surface area contributed by atoms with Gasteiger partial charge in [0.1, 0.15) is 11.0 Å². The standard InChI is InChI=1S/C14H16ClN3O2S/c15-12-4-3-10(7-16)14(6-12)21(19,20)18-8-11-2-1-5-17-13(11)9-18/h3-4,6,11,13,17H,1-2,5,8-9H2. The summed E-state index contributed by atoms with van der Waals surface area (Å²) in [4.78, 5) is 0.0103. The van der Waals surface area contributed by atoms with Gasteiger partial charge in [0.2, 0.25) is 10.0 Å². The van der Waals surface area contributed by atoms with Gasteiger partial charge in [-0.15, -0.1) is 0 Å². The molecular weight excluding hydrogens is 310 g/mol. The molecule has 2 aliphatic rings. The molecule has 0 aromatic heterocycles. The highest BCUT2D eigenvalue weighted by molar-refractivity contribution is 7.89. The minimum absolute atomic E-state index is 0.0103. The van der Waals surface area contributed by atoms with Crippen LogP contribution in [0.2, 0.25) is 5.02 Å². The summed E-state index contributed by atoms with van der Waals surface area (Å²) < 4.78 is 27.1. The van der Waals surface area contributed by atoms with Gasteiger partial charge in [-0.2, -0.15) is 9.57 Å². The van der Waals surface area contributed by atoms with Gasteiger partial charge >= 0.3 is 0 Å². The van der Waals surface area contributed by atoms with Crippen LogP contribution in [0, 0.1) is 17.2 Å². The fraction of sp³-hybridized carbons (Fsp3) is 0.500. The van der Waals surface area contributed by atoms with Crippen molar-refractivity contribution in [2.75, 3.05) is 19.6 Å². The van der Waals surface area contributed by atoms with Gasteiger partial charge in [-0.25, -0.2) is 8.42 Å². The fourth-order valence-corrected chi connectivity index (χ4v) is 5.07. The predicted molar refractivity (Wildman–Crippen MR) is 79.4 cm³/mol. The van der Waals surface area contributed by atoms with Gasteiger partial charge in [-0.05, 0) is 43.5 Å². The number of nitrogens with zero attached hydrogens (tertiary/aromatic N) is 2. The van der Waals surface area contributed by atoms with Gasteiger partial charge in [-0.1, -0.05) is 11.6 Å². The second kappa shape index (κ2) is 5.58. The highest BCUT2D eigenvalue weighted by Crippen LogP contribution is 2.31. The summed E-state index contributed by atoms with van der Waals surface area (Å²) in [5.74, 6) is 0.359. The van der Waals surface area contributed by atoms with Crippen molar-refractivity contribution in [2.45, 2.75) is 23.8 Å². The van der Waals surface area contributed by atoms with Gasteiger partial charge in [-0.3, -0.25) is 0 Å². The average molecular weight is 326 g/mol. The van der Waals surface area contributed by atoms with E-state index in [0.29, 0.717) is 24.0 Å². The molecule has 2 heterocycles. The average Bonchev–Trinajstić information content (AvgIpc) is 2.92. The smallest absolute Gasteiger partial charge is 0.244 e. The first-order valence-corrected chi connectivity index (χ1v) is 8.77. The Morgan fingerprint density at radius 1 is 1.38 bits per heavy atom. The molecule has 0 amide bonds. The molecule has 1 aromatic carbocycles. The second-order valence-electron chi connectivity index (χ2n) is 5.54. The van der Waals surface area contributed by atoms with E-state index in [-0.39, 0.29) is 16.5 Å². The lowest BCUT2D eigenvalue weighted by molar-refractivity contribution is 0.339. The van der Waals surface area contributed by atoms with Crippen LogP contribution in [-0.2, 0) is 10.0 Å². The topological polar surface area (TPSA) is 73.2 Å². The first kappa shape index (κ1) is 14.8. The van der Waals surface area contributed by atoms with Crippen LogP contribution in [-0.4, -0.2) is 38.4 Å². The summed E-state index contributed by atoms with van der Waals surface area (Å²) >= 11 is 5.90. The van der Waals surface area contributed by atoms with Crippen LogP contribution < -0.4 is 5.32 Å². The molecule has 2 aliphatic heterocycles. The molecule has 0 bridgehead atoms. The van der Waals surface area contributed by atoms with Crippen molar-refractivity contribution < 1.29 is 8.42 Å². The van der Waals surface area contributed by atoms with Crippen LogP contribution in [0.25, 0.3) is 0 Å². The van der Waals surface area contributed by atoms with Crippen molar-refractivity contribution in [1.29, 1.82) is 5.26 Å². The molecule has 5 nitrogen and oxygen atoms in total. The lowest BCUT2D eigenvalue weighted by Crippen LogP contribution is -2.41. The number of nitrogens with one attached hydrogen (secondary N) is 1. The van der Waals surface area contributed by atoms with Crippen molar-refractivity contribution in [3.05, 3.63) is 28.8 Å². The highest BCUT2D eigenvalue weighted by Gasteiger charge is 2.40. The number of hydrogen-bond donors (Lipinski definition) is 1. The zero-order valence-corrected chi connectivity index (χ0v) is 13.0. The molecule has 0 spiro atoms. The maximum Gasteiger partial charge on any atom is 0.244 e. The fourth-order valence-electron chi connectivity index (χ4n) is 3.14. The van der Waals surface area contributed by atoms with Gasteiger partial charge in [0.15, 0.2) is 0 Å². The SMILES string of the molecule is N#Cc1ccc(Cl)cc1S(=O)(=O)N1CC2CCCNC2C1. The Morgan fingerprint density at radius 2 is 2.19 bits per heavy atom. The van der Waals surface area contributed by atoms with Crippen LogP contribution in [0.1, 0.15) is 18.4 Å². The van der Waals surface area contributed by atoms with E-state index >= 15 is 0 Å². The number of halogens is 1. The third kappa shape index (κ3) is 2.67. The van der Waals surface area contributed by atoms with E-state index in [2.05, 4.69) is 5.32 Å². The van der Waals surface area contributed by atoms with Gasteiger partial charge in [0, 0.05) is 24.2 Å². The number of rotatable bonds is 2. The van der Waals surface area contributed by atoms with Crippen molar-refractivity contribution in [3.8, 4) is 6.07 Å². The van der Waals surface area contributed by atoms with Crippen molar-refractivity contribution in [1.82, 2.24) is 9.62 Å². The lowest BCUT2D eigenvalue weighted by atomic mass is 9.94. The second-order valence-corrected chi connectivity index (χ2v) is 7.88. The molecule has 0 radical (unpaired) electrons. The maximum atomic E-state index is 12.8. The van der Waals surface area contributed by atoms with Crippen LogP contribution in [0.5, 0.6) is 0 Å². The lowest BCUT2D eigenvalue weighted by Gasteiger charge is -2.24. The first-order chi connectivity index (χ1) is 10.0. The number of nitriles is 1. The van der Waals surface area contributed by atoms with E-state index in [1.807, 2.05) is 6.07 Å². The van der Waals surface area contributed by atoms with Crippen LogP contribution in [0.15, 0.2) is 23.1 Å². The molecule has 2 saturated heterocycles. The summed E-state index contributed by atoms with van der Waals surface area (Å²) in [6, 6.07) is 6.51. The summed E-state index contributed by atoms with van der Waals surface area (Å²) in [6.07, 6.45) is 2.13. The normalized spacial score (nSPS) is 26.3. The van der Waals surface area contributed by atoms with Crippen LogP contribution in [0.4, 0.5) is 0 Å². The van der Waals surface area contributed by atoms with Gasteiger partial charge in [0.25, 0.3) is 0 Å². The van der Waals surface area contributed by atoms with E-state index < -0.39 is 10.0 Å². The Kier molecular flexibility index (Phi) is 3.93. The zero-order chi connectivity index (χ0) is 15.0. The third-order valence-corrected chi connectivity index (χ3v) is 6.35. The molecule has 21 heavy (non-hydrogen) atoms. The predicted octanol–water partition coefficient (Wildman–Crippen LogP) is 1.58. The van der Waals surface area contributed by atoms with E-state index in [4.69, 9.17) is 16.9 Å².